The SMILES string of the molecule is O=C(CSc1nnc(-c2cccc(F)c2)o1)N1CCc2ccccc21. The molecule has 1 aliphatic heterocycles. The molecule has 2 aromatic carbocycles. The van der Waals surface area contributed by atoms with E-state index in [1.165, 1.54) is 29.5 Å². The maximum absolute atomic E-state index is 13.3. The maximum Gasteiger partial charge on any atom is 0.277 e. The van der Waals surface area contributed by atoms with E-state index in [4.69, 9.17) is 4.42 Å². The topological polar surface area (TPSA) is 59.2 Å². The number of benzene rings is 2. The zero-order valence-corrected chi connectivity index (χ0v) is 14.0. The number of carbonyl (C=O) groups is 1. The van der Waals surface area contributed by atoms with Crippen LogP contribution in [0.2, 0.25) is 0 Å². The van der Waals surface area contributed by atoms with Gasteiger partial charge in [-0.3, -0.25) is 4.79 Å². The Morgan fingerprint density at radius 2 is 2.08 bits per heavy atom. The third-order valence-electron chi connectivity index (χ3n) is 3.99. The largest absolute Gasteiger partial charge is 0.411 e. The lowest BCUT2D eigenvalue weighted by molar-refractivity contribution is -0.116. The Labute approximate surface area is 147 Å². The molecule has 0 N–H and O–H groups in total. The maximum atomic E-state index is 13.3. The molecule has 7 heteroatoms. The molecular formula is C18H14FN3O2S. The van der Waals surface area contributed by atoms with Crippen LogP contribution < -0.4 is 4.90 Å². The summed E-state index contributed by atoms with van der Waals surface area (Å²) >= 11 is 1.18. The van der Waals surface area contributed by atoms with Gasteiger partial charge in [-0.25, -0.2) is 4.39 Å². The van der Waals surface area contributed by atoms with Gasteiger partial charge < -0.3 is 9.32 Å². The molecule has 5 nitrogen and oxygen atoms in total. The molecule has 2 heterocycles. The van der Waals surface area contributed by atoms with Crippen molar-refractivity contribution in [3.05, 3.63) is 59.9 Å². The second kappa shape index (κ2) is 6.68. The van der Waals surface area contributed by atoms with E-state index in [0.29, 0.717) is 17.3 Å². The number of aromatic nitrogens is 2. The van der Waals surface area contributed by atoms with E-state index in [9.17, 15) is 9.18 Å². The standard InChI is InChI=1S/C18H14FN3O2S/c19-14-6-3-5-13(10-14)17-20-21-18(24-17)25-11-16(23)22-9-8-12-4-1-2-7-15(12)22/h1-7,10H,8-9,11H2. The van der Waals surface area contributed by atoms with Gasteiger partial charge in [-0.2, -0.15) is 0 Å². The lowest BCUT2D eigenvalue weighted by Crippen LogP contribution is -2.30. The minimum Gasteiger partial charge on any atom is -0.411 e. The van der Waals surface area contributed by atoms with Crippen molar-refractivity contribution in [2.75, 3.05) is 17.2 Å². The Bertz CT molecular complexity index is 928. The Kier molecular flexibility index (Phi) is 4.23. The number of anilines is 1. The number of amides is 1. The molecule has 0 atom stereocenters. The minimum atomic E-state index is -0.368. The first-order chi connectivity index (χ1) is 12.2. The van der Waals surface area contributed by atoms with Gasteiger partial charge in [-0.05, 0) is 36.2 Å². The Balaban J connectivity index is 1.42. The van der Waals surface area contributed by atoms with Crippen molar-refractivity contribution in [3.63, 3.8) is 0 Å². The van der Waals surface area contributed by atoms with Gasteiger partial charge in [0.05, 0.1) is 5.75 Å². The summed E-state index contributed by atoms with van der Waals surface area (Å²) in [6.07, 6.45) is 0.872. The summed E-state index contributed by atoms with van der Waals surface area (Å²) in [4.78, 5) is 14.3. The second-order valence-corrected chi connectivity index (χ2v) is 6.52. The molecule has 25 heavy (non-hydrogen) atoms. The van der Waals surface area contributed by atoms with E-state index >= 15 is 0 Å². The second-order valence-electron chi connectivity index (χ2n) is 5.60. The molecule has 0 spiro atoms. The van der Waals surface area contributed by atoms with Gasteiger partial charge in [0, 0.05) is 17.8 Å². The predicted molar refractivity (Wildman–Crippen MR) is 92.9 cm³/mol. The highest BCUT2D eigenvalue weighted by Crippen LogP contribution is 2.29. The van der Waals surface area contributed by atoms with E-state index in [2.05, 4.69) is 10.2 Å². The molecule has 0 aliphatic carbocycles. The monoisotopic (exact) mass is 355 g/mol. The molecule has 0 saturated carbocycles. The minimum absolute atomic E-state index is 0.000422. The number of hydrogen-bond acceptors (Lipinski definition) is 5. The molecular weight excluding hydrogens is 341 g/mol. The van der Waals surface area contributed by atoms with Gasteiger partial charge in [0.1, 0.15) is 5.82 Å². The normalized spacial score (nSPS) is 13.1. The molecule has 1 aliphatic rings. The number of hydrogen-bond donors (Lipinski definition) is 0. The summed E-state index contributed by atoms with van der Waals surface area (Å²) in [5, 5.41) is 8.12. The summed E-state index contributed by atoms with van der Waals surface area (Å²) < 4.78 is 18.8. The third kappa shape index (κ3) is 3.28. The number of nitrogens with zero attached hydrogens (tertiary/aromatic N) is 3. The van der Waals surface area contributed by atoms with Crippen LogP contribution in [0.4, 0.5) is 10.1 Å². The van der Waals surface area contributed by atoms with E-state index < -0.39 is 0 Å². The van der Waals surface area contributed by atoms with E-state index in [1.807, 2.05) is 24.3 Å². The van der Waals surface area contributed by atoms with Crippen LogP contribution in [-0.4, -0.2) is 28.4 Å². The van der Waals surface area contributed by atoms with Crippen molar-refractivity contribution in [2.45, 2.75) is 11.6 Å². The van der Waals surface area contributed by atoms with Gasteiger partial charge >= 0.3 is 0 Å². The van der Waals surface area contributed by atoms with Crippen LogP contribution in [0.1, 0.15) is 5.56 Å². The van der Waals surface area contributed by atoms with E-state index in [-0.39, 0.29) is 23.4 Å². The number of thioether (sulfide) groups is 1. The zero-order chi connectivity index (χ0) is 17.2. The molecule has 1 aromatic heterocycles. The average molecular weight is 355 g/mol. The fourth-order valence-electron chi connectivity index (χ4n) is 2.80. The van der Waals surface area contributed by atoms with Crippen LogP contribution >= 0.6 is 11.8 Å². The number of halogens is 1. The molecule has 0 unspecified atom stereocenters. The summed E-state index contributed by atoms with van der Waals surface area (Å²) in [5.74, 6) is 0.0771. The average Bonchev–Trinajstić information content (AvgIpc) is 3.27. The fraction of sp³-hybridized carbons (Fsp3) is 0.167. The third-order valence-corrected chi connectivity index (χ3v) is 4.79. The van der Waals surface area contributed by atoms with Gasteiger partial charge in [0.25, 0.3) is 5.22 Å². The molecule has 0 bridgehead atoms. The molecule has 126 valence electrons. The number of fused-ring (bicyclic) bond motifs is 1. The van der Waals surface area contributed by atoms with Crippen molar-refractivity contribution in [2.24, 2.45) is 0 Å². The van der Waals surface area contributed by atoms with Crippen LogP contribution in [0.25, 0.3) is 11.5 Å². The number of carbonyl (C=O) groups excluding carboxylic acids is 1. The van der Waals surface area contributed by atoms with Crippen molar-refractivity contribution >= 4 is 23.4 Å². The molecule has 3 aromatic rings. The summed E-state index contributed by atoms with van der Waals surface area (Å²) in [5.41, 5.74) is 2.67. The van der Waals surface area contributed by atoms with Gasteiger partial charge in [-0.15, -0.1) is 10.2 Å². The first kappa shape index (κ1) is 15.8. The Morgan fingerprint density at radius 1 is 1.20 bits per heavy atom. The molecule has 0 fully saturated rings. The summed E-state index contributed by atoms with van der Waals surface area (Å²) in [7, 11) is 0. The smallest absolute Gasteiger partial charge is 0.277 e. The van der Waals surface area contributed by atoms with Gasteiger partial charge in [-0.1, -0.05) is 36.0 Å². The van der Waals surface area contributed by atoms with Crippen LogP contribution in [0.5, 0.6) is 0 Å². The fourth-order valence-corrected chi connectivity index (χ4v) is 3.44. The van der Waals surface area contributed by atoms with Gasteiger partial charge in [0.15, 0.2) is 0 Å². The van der Waals surface area contributed by atoms with E-state index in [0.717, 1.165) is 12.1 Å². The Morgan fingerprint density at radius 3 is 2.96 bits per heavy atom. The molecule has 1 amide bonds. The Hall–Kier alpha value is -2.67. The van der Waals surface area contributed by atoms with Crippen LogP contribution in [-0.2, 0) is 11.2 Å². The van der Waals surface area contributed by atoms with Crippen LogP contribution in [0.3, 0.4) is 0 Å². The highest BCUT2D eigenvalue weighted by Gasteiger charge is 2.24. The summed E-state index contributed by atoms with van der Waals surface area (Å²) in [6.45, 7) is 0.692. The lowest BCUT2D eigenvalue weighted by Gasteiger charge is -2.16. The van der Waals surface area contributed by atoms with Crippen molar-refractivity contribution in [1.82, 2.24) is 10.2 Å². The zero-order valence-electron chi connectivity index (χ0n) is 13.2. The predicted octanol–water partition coefficient (Wildman–Crippen LogP) is 3.56. The van der Waals surface area contributed by atoms with Crippen molar-refractivity contribution < 1.29 is 13.6 Å². The van der Waals surface area contributed by atoms with Gasteiger partial charge in [0.2, 0.25) is 11.8 Å². The molecule has 0 saturated heterocycles. The number of para-hydroxylation sites is 1. The summed E-state index contributed by atoms with van der Waals surface area (Å²) in [6, 6.07) is 13.9. The molecule has 0 radical (unpaired) electrons. The number of rotatable bonds is 4. The lowest BCUT2D eigenvalue weighted by atomic mass is 10.2. The first-order valence-corrected chi connectivity index (χ1v) is 8.80. The van der Waals surface area contributed by atoms with Crippen LogP contribution in [0.15, 0.2) is 58.2 Å². The van der Waals surface area contributed by atoms with Crippen LogP contribution in [0, 0.1) is 5.82 Å². The van der Waals surface area contributed by atoms with Crippen molar-refractivity contribution in [1.29, 1.82) is 0 Å². The first-order valence-electron chi connectivity index (χ1n) is 7.81. The highest BCUT2D eigenvalue weighted by atomic mass is 32.2. The van der Waals surface area contributed by atoms with Crippen molar-refractivity contribution in [3.8, 4) is 11.5 Å². The quantitative estimate of drug-likeness (QED) is 0.670. The highest BCUT2D eigenvalue weighted by molar-refractivity contribution is 7.99. The molecule has 4 rings (SSSR count). The van der Waals surface area contributed by atoms with E-state index in [1.54, 1.807) is 17.0 Å².